The Morgan fingerprint density at radius 3 is 2.59 bits per heavy atom. The maximum Gasteiger partial charge on any atom is 0.331 e. The van der Waals surface area contributed by atoms with E-state index in [1.54, 1.807) is 12.2 Å². The van der Waals surface area contributed by atoms with Gasteiger partial charge in [-0.2, -0.15) is 0 Å². The van der Waals surface area contributed by atoms with Crippen LogP contribution in [-0.4, -0.2) is 34.6 Å². The van der Waals surface area contributed by atoms with Crippen LogP contribution in [-0.2, 0) is 9.59 Å². The molecule has 27 heavy (non-hydrogen) atoms. The van der Waals surface area contributed by atoms with Crippen LogP contribution in [0.5, 0.6) is 5.88 Å². The van der Waals surface area contributed by atoms with Gasteiger partial charge in [0.25, 0.3) is 5.91 Å². The molecular formula is C20H28N2O4S. The van der Waals surface area contributed by atoms with Crippen molar-refractivity contribution in [1.29, 1.82) is 0 Å². The maximum absolute atomic E-state index is 12.1. The van der Waals surface area contributed by atoms with E-state index in [9.17, 15) is 9.59 Å². The average Bonchev–Trinajstić information content (AvgIpc) is 2.99. The molecule has 1 aromatic rings. The van der Waals surface area contributed by atoms with Gasteiger partial charge in [-0.15, -0.1) is 11.3 Å². The topological polar surface area (TPSA) is 88.5 Å². The molecule has 0 spiro atoms. The van der Waals surface area contributed by atoms with Crippen molar-refractivity contribution in [2.75, 3.05) is 6.61 Å². The summed E-state index contributed by atoms with van der Waals surface area (Å²) in [5.74, 6) is 0.0606. The Morgan fingerprint density at radius 2 is 2.00 bits per heavy atom. The first-order valence-corrected chi connectivity index (χ1v) is 10.1. The van der Waals surface area contributed by atoms with Gasteiger partial charge in [-0.05, 0) is 51.0 Å². The molecule has 0 fully saturated rings. The minimum absolute atomic E-state index is 0.0574. The van der Waals surface area contributed by atoms with E-state index in [-0.39, 0.29) is 18.6 Å². The maximum atomic E-state index is 12.1. The van der Waals surface area contributed by atoms with E-state index in [2.05, 4.69) is 24.1 Å². The lowest BCUT2D eigenvalue weighted by molar-refractivity contribution is -0.132. The molecule has 148 valence electrons. The Bertz CT molecular complexity index is 749. The van der Waals surface area contributed by atoms with Gasteiger partial charge in [0.15, 0.2) is 6.61 Å². The lowest BCUT2D eigenvalue weighted by atomic mass is 9.99. The van der Waals surface area contributed by atoms with Crippen molar-refractivity contribution in [3.05, 3.63) is 27.6 Å². The zero-order chi connectivity index (χ0) is 20.0. The molecule has 6 nitrogen and oxygen atoms in total. The fraction of sp³-hybridized carbons (Fsp3) is 0.550. The zero-order valence-electron chi connectivity index (χ0n) is 16.4. The normalized spacial score (nSPS) is 15.1. The predicted molar refractivity (Wildman–Crippen MR) is 107 cm³/mol. The molecule has 0 aliphatic heterocycles. The lowest BCUT2D eigenvalue weighted by Gasteiger charge is -2.15. The SMILES string of the molecule is Cc1sc(C2=CC=C(C(=O)O)CC2)nc1OCC(=O)NC(C)CCC(C)C. The second-order valence-electron chi connectivity index (χ2n) is 7.30. The van der Waals surface area contributed by atoms with E-state index in [1.807, 2.05) is 13.8 Å². The molecular weight excluding hydrogens is 364 g/mol. The number of aliphatic carboxylic acids is 1. The lowest BCUT2D eigenvalue weighted by Crippen LogP contribution is -2.36. The van der Waals surface area contributed by atoms with Crippen LogP contribution in [0.15, 0.2) is 17.7 Å². The summed E-state index contributed by atoms with van der Waals surface area (Å²) in [4.78, 5) is 28.4. The summed E-state index contributed by atoms with van der Waals surface area (Å²) in [6, 6.07) is 0.123. The Hall–Kier alpha value is -2.15. The standard InChI is InChI=1S/C20H28N2O4S/c1-12(2)5-6-13(3)21-17(23)11-26-18-14(4)27-19(22-18)15-7-9-16(10-8-15)20(24)25/h7,9,12-13H,5-6,8,10-11H2,1-4H3,(H,21,23)(H,24,25). The van der Waals surface area contributed by atoms with Crippen molar-refractivity contribution in [2.45, 2.75) is 59.4 Å². The Kier molecular flexibility index (Phi) is 7.59. The van der Waals surface area contributed by atoms with Gasteiger partial charge in [0.05, 0.1) is 4.88 Å². The molecule has 0 bridgehead atoms. The number of nitrogens with one attached hydrogen (secondary N) is 1. The van der Waals surface area contributed by atoms with Gasteiger partial charge in [0.2, 0.25) is 5.88 Å². The van der Waals surface area contributed by atoms with E-state index in [1.165, 1.54) is 11.3 Å². The number of carboxylic acids is 1. The van der Waals surface area contributed by atoms with Crippen LogP contribution in [0, 0.1) is 12.8 Å². The number of amides is 1. The highest BCUT2D eigenvalue weighted by Crippen LogP contribution is 2.33. The minimum atomic E-state index is -0.877. The predicted octanol–water partition coefficient (Wildman–Crippen LogP) is 3.96. The van der Waals surface area contributed by atoms with Crippen LogP contribution < -0.4 is 10.1 Å². The number of carbonyl (C=O) groups excluding carboxylic acids is 1. The van der Waals surface area contributed by atoms with Crippen molar-refractivity contribution in [3.8, 4) is 5.88 Å². The van der Waals surface area contributed by atoms with Crippen molar-refractivity contribution < 1.29 is 19.4 Å². The van der Waals surface area contributed by atoms with E-state index < -0.39 is 5.97 Å². The Morgan fingerprint density at radius 1 is 1.26 bits per heavy atom. The molecule has 7 heteroatoms. The number of allylic oxidation sites excluding steroid dienone is 3. The van der Waals surface area contributed by atoms with Crippen molar-refractivity contribution in [2.24, 2.45) is 5.92 Å². The molecule has 1 amide bonds. The molecule has 1 unspecified atom stereocenters. The third-order valence-corrected chi connectivity index (χ3v) is 5.40. The summed E-state index contributed by atoms with van der Waals surface area (Å²) >= 11 is 1.49. The Balaban J connectivity index is 1.90. The molecule has 2 rings (SSSR count). The van der Waals surface area contributed by atoms with Gasteiger partial charge < -0.3 is 15.2 Å². The molecule has 0 saturated heterocycles. The minimum Gasteiger partial charge on any atom is -0.478 e. The third kappa shape index (κ3) is 6.50. The largest absolute Gasteiger partial charge is 0.478 e. The first-order chi connectivity index (χ1) is 12.8. The van der Waals surface area contributed by atoms with Crippen LogP contribution in [0.2, 0.25) is 0 Å². The first-order valence-electron chi connectivity index (χ1n) is 9.29. The van der Waals surface area contributed by atoms with Gasteiger partial charge in [-0.25, -0.2) is 9.78 Å². The van der Waals surface area contributed by atoms with Crippen molar-refractivity contribution in [3.63, 3.8) is 0 Å². The average molecular weight is 393 g/mol. The van der Waals surface area contributed by atoms with Crippen LogP contribution in [0.1, 0.15) is 56.3 Å². The first kappa shape index (κ1) is 21.2. The number of thiazole rings is 1. The van der Waals surface area contributed by atoms with Crippen LogP contribution >= 0.6 is 11.3 Å². The van der Waals surface area contributed by atoms with Gasteiger partial charge in [0.1, 0.15) is 5.01 Å². The molecule has 2 N–H and O–H groups in total. The fourth-order valence-corrected chi connectivity index (χ4v) is 3.66. The van der Waals surface area contributed by atoms with E-state index >= 15 is 0 Å². The summed E-state index contributed by atoms with van der Waals surface area (Å²) < 4.78 is 5.61. The molecule has 0 saturated carbocycles. The van der Waals surface area contributed by atoms with Crippen molar-refractivity contribution in [1.82, 2.24) is 10.3 Å². The summed E-state index contributed by atoms with van der Waals surface area (Å²) in [6.45, 7) is 8.18. The molecule has 1 aromatic heterocycles. The number of rotatable bonds is 9. The van der Waals surface area contributed by atoms with Gasteiger partial charge in [-0.1, -0.05) is 26.0 Å². The number of hydrogen-bond acceptors (Lipinski definition) is 5. The fourth-order valence-electron chi connectivity index (χ4n) is 2.75. The zero-order valence-corrected chi connectivity index (χ0v) is 17.2. The summed E-state index contributed by atoms with van der Waals surface area (Å²) in [6.07, 6.45) is 6.58. The molecule has 1 aliphatic rings. The van der Waals surface area contributed by atoms with Gasteiger partial charge in [0, 0.05) is 11.6 Å². The monoisotopic (exact) mass is 392 g/mol. The summed E-state index contributed by atoms with van der Waals surface area (Å²) in [7, 11) is 0. The van der Waals surface area contributed by atoms with Crippen LogP contribution in [0.25, 0.3) is 5.57 Å². The molecule has 1 heterocycles. The second-order valence-corrected chi connectivity index (χ2v) is 8.50. The molecule has 0 radical (unpaired) electrons. The Labute approximate surface area is 164 Å². The van der Waals surface area contributed by atoms with E-state index in [0.717, 1.165) is 28.3 Å². The van der Waals surface area contributed by atoms with Gasteiger partial charge >= 0.3 is 5.97 Å². The highest BCUT2D eigenvalue weighted by atomic mass is 32.1. The van der Waals surface area contributed by atoms with Crippen LogP contribution in [0.4, 0.5) is 0 Å². The smallest absolute Gasteiger partial charge is 0.331 e. The molecule has 0 aromatic carbocycles. The highest BCUT2D eigenvalue weighted by Gasteiger charge is 2.18. The van der Waals surface area contributed by atoms with Crippen molar-refractivity contribution >= 4 is 28.8 Å². The van der Waals surface area contributed by atoms with E-state index in [4.69, 9.17) is 9.84 Å². The molecule has 1 atom stereocenters. The number of nitrogens with zero attached hydrogens (tertiary/aromatic N) is 1. The number of carboxylic acid groups (broad SMARTS) is 1. The number of aryl methyl sites for hydroxylation is 1. The van der Waals surface area contributed by atoms with Crippen LogP contribution in [0.3, 0.4) is 0 Å². The number of carbonyl (C=O) groups is 2. The summed E-state index contributed by atoms with van der Waals surface area (Å²) in [5.41, 5.74) is 1.40. The molecule has 1 aliphatic carbocycles. The quantitative estimate of drug-likeness (QED) is 0.664. The second kappa shape index (κ2) is 9.69. The number of aromatic nitrogens is 1. The highest BCUT2D eigenvalue weighted by molar-refractivity contribution is 7.12. The van der Waals surface area contributed by atoms with Gasteiger partial charge in [-0.3, -0.25) is 4.79 Å². The third-order valence-electron chi connectivity index (χ3n) is 4.38. The van der Waals surface area contributed by atoms with E-state index in [0.29, 0.717) is 30.2 Å². The summed E-state index contributed by atoms with van der Waals surface area (Å²) in [5, 5.41) is 12.8. The number of ether oxygens (including phenoxy) is 1. The number of hydrogen-bond donors (Lipinski definition) is 2.